The van der Waals surface area contributed by atoms with E-state index in [0.29, 0.717) is 5.56 Å². The van der Waals surface area contributed by atoms with Crippen LogP contribution in [0.1, 0.15) is 42.3 Å². The predicted molar refractivity (Wildman–Crippen MR) is 216 cm³/mol. The van der Waals surface area contributed by atoms with Crippen molar-refractivity contribution < 1.29 is 66.9 Å². The quantitative estimate of drug-likeness (QED) is 0.120. The van der Waals surface area contributed by atoms with Gasteiger partial charge in [-0.2, -0.15) is 0 Å². The van der Waals surface area contributed by atoms with E-state index in [0.717, 1.165) is 12.7 Å². The third-order valence-electron chi connectivity index (χ3n) is 9.47. The highest BCUT2D eigenvalue weighted by atomic mass is 35.6. The van der Waals surface area contributed by atoms with Gasteiger partial charge in [0.05, 0.1) is 37.9 Å². The molecule has 2 aliphatic heterocycles. The molecule has 60 heavy (non-hydrogen) atoms. The molecule has 326 valence electrons. The number of carbonyl (C=O) groups excluding carboxylic acids is 4. The van der Waals surface area contributed by atoms with Gasteiger partial charge in [0.1, 0.15) is 30.5 Å². The van der Waals surface area contributed by atoms with Gasteiger partial charge in [-0.15, -0.1) is 0 Å². The van der Waals surface area contributed by atoms with Crippen LogP contribution in [0.4, 0.5) is 0 Å². The molecule has 0 radical (unpaired) electrons. The van der Waals surface area contributed by atoms with Crippen molar-refractivity contribution in [1.29, 1.82) is 0 Å². The number of ether oxygens (including phenoxy) is 9. The summed E-state index contributed by atoms with van der Waals surface area (Å²) in [7, 11) is 2.36. The van der Waals surface area contributed by atoms with Crippen LogP contribution in [0.25, 0.3) is 0 Å². The molecular weight excluding hydrogens is 849 g/mol. The van der Waals surface area contributed by atoms with Gasteiger partial charge in [-0.25, -0.2) is 9.59 Å². The van der Waals surface area contributed by atoms with Crippen LogP contribution < -0.4 is 5.32 Å². The molecule has 18 heteroatoms. The molecule has 0 saturated carbocycles. The van der Waals surface area contributed by atoms with Crippen molar-refractivity contribution in [2.45, 2.75) is 99.1 Å². The van der Waals surface area contributed by atoms with Gasteiger partial charge in [0.25, 0.3) is 9.70 Å². The summed E-state index contributed by atoms with van der Waals surface area (Å²) >= 11 is 18.0. The molecule has 5 rings (SSSR count). The molecule has 0 spiro atoms. The number of halogens is 3. The second-order valence-electron chi connectivity index (χ2n) is 14.9. The minimum atomic E-state index is -2.51. The summed E-state index contributed by atoms with van der Waals surface area (Å²) in [6, 6.07) is 24.6. The van der Waals surface area contributed by atoms with Crippen LogP contribution in [0.5, 0.6) is 0 Å². The van der Waals surface area contributed by atoms with Gasteiger partial charge in [0, 0.05) is 7.11 Å². The van der Waals surface area contributed by atoms with E-state index in [2.05, 4.69) is 5.32 Å². The van der Waals surface area contributed by atoms with E-state index in [4.69, 9.17) is 77.4 Å². The molecule has 15 nitrogen and oxygen atoms in total. The zero-order valence-electron chi connectivity index (χ0n) is 33.4. The molecule has 0 bridgehead atoms. The average Bonchev–Trinajstić information content (AvgIpc) is 3.23. The molecular formula is C42H48Cl3NO14. The van der Waals surface area contributed by atoms with Gasteiger partial charge in [0.15, 0.2) is 30.9 Å². The first-order valence-electron chi connectivity index (χ1n) is 18.9. The van der Waals surface area contributed by atoms with E-state index in [9.17, 15) is 24.3 Å². The first-order valence-corrected chi connectivity index (χ1v) is 20.0. The number of benzene rings is 3. The number of aliphatic hydroxyl groups is 1. The molecule has 3 aromatic rings. The molecule has 0 aliphatic carbocycles. The number of rotatable bonds is 15. The maximum Gasteiger partial charge on any atom is 0.338 e. The summed E-state index contributed by atoms with van der Waals surface area (Å²) in [4.78, 5) is 54.2. The number of hydrogen-bond donors (Lipinski definition) is 2. The van der Waals surface area contributed by atoms with Crippen LogP contribution in [0.2, 0.25) is 0 Å². The smallest absolute Gasteiger partial charge is 0.338 e. The number of hydrogen-bond acceptors (Lipinski definition) is 14. The number of methoxy groups -OCH3 is 2. The van der Waals surface area contributed by atoms with Gasteiger partial charge in [-0.05, 0) is 44.0 Å². The lowest BCUT2D eigenvalue weighted by molar-refractivity contribution is -0.343. The van der Waals surface area contributed by atoms with Crippen LogP contribution in [-0.4, -0.2) is 115 Å². The first-order chi connectivity index (χ1) is 28.5. The minimum Gasteiger partial charge on any atom is -0.467 e. The minimum absolute atomic E-state index is 0.119. The van der Waals surface area contributed by atoms with Crippen LogP contribution in [0.3, 0.4) is 0 Å². The number of esters is 3. The monoisotopic (exact) mass is 895 g/mol. The van der Waals surface area contributed by atoms with Crippen molar-refractivity contribution in [3.63, 3.8) is 0 Å². The number of alkyl halides is 3. The van der Waals surface area contributed by atoms with Gasteiger partial charge in [-0.1, -0.05) is 114 Å². The normalized spacial score (nSPS) is 27.0. The van der Waals surface area contributed by atoms with Crippen molar-refractivity contribution >= 4 is 58.6 Å². The van der Waals surface area contributed by atoms with Gasteiger partial charge < -0.3 is 53.1 Å². The molecule has 10 atom stereocenters. The second kappa shape index (κ2) is 21.3. The Balaban J connectivity index is 1.62. The standard InChI is InChI=1S/C42H48Cl3NO14/c1-41(2,3)40(51)60-30-27(23-54-21-24-15-9-6-10-16-24)56-37(53-5)28(46-39(50)42(43,44)45)31(30)58-38-34(57-35(48)26-19-13-8-14-20-26)32(29(47)33(59-38)36(49)52-4)55-22-25-17-11-7-12-18-25/h6-20,27-34,37-38,47H,21-23H2,1-5H3,(H,46,50)/t27-,28-,29+,30+,31-,32+,33-,34-,37-,38-/m1/s1. The number of amides is 1. The maximum absolute atomic E-state index is 13.8. The third kappa shape index (κ3) is 12.4. The fraction of sp³-hybridized carbons (Fsp3) is 0.476. The summed E-state index contributed by atoms with van der Waals surface area (Å²) in [6.45, 7) is 4.65. The van der Waals surface area contributed by atoms with Gasteiger partial charge in [0.2, 0.25) is 0 Å². The molecule has 2 fully saturated rings. The van der Waals surface area contributed by atoms with Crippen LogP contribution in [-0.2, 0) is 70.2 Å². The highest BCUT2D eigenvalue weighted by Gasteiger charge is 2.57. The Labute approximate surface area is 362 Å². The summed E-state index contributed by atoms with van der Waals surface area (Å²) in [5, 5.41) is 14.3. The Hall–Kier alpha value is -3.87. The Morgan fingerprint density at radius 3 is 1.87 bits per heavy atom. The summed E-state index contributed by atoms with van der Waals surface area (Å²) < 4.78 is 51.7. The van der Waals surface area contributed by atoms with E-state index in [1.165, 1.54) is 19.2 Å². The SMILES string of the molecule is COC(=O)[C@@H]1O[C@@H](O[C@@H]2[C@@H](NC(=O)C(Cl)(Cl)Cl)[C@H](OC)O[C@H](COCc3ccccc3)[C@@H]2OC(=O)C(C)(C)C)[C@H](OC(=O)c2ccccc2)[C@@H](OCc2ccccc2)[C@@H]1O. The van der Waals surface area contributed by atoms with E-state index < -0.39 is 94.4 Å². The molecule has 0 unspecified atom stereocenters. The first kappa shape index (κ1) is 47.2. The fourth-order valence-electron chi connectivity index (χ4n) is 6.35. The Morgan fingerprint density at radius 2 is 1.32 bits per heavy atom. The van der Waals surface area contributed by atoms with Crippen LogP contribution in [0.15, 0.2) is 91.0 Å². The largest absolute Gasteiger partial charge is 0.467 e. The zero-order chi connectivity index (χ0) is 43.6. The van der Waals surface area contributed by atoms with Gasteiger partial charge >= 0.3 is 17.9 Å². The van der Waals surface area contributed by atoms with E-state index >= 15 is 0 Å². The summed E-state index contributed by atoms with van der Waals surface area (Å²) in [5.41, 5.74) is 0.535. The number of aliphatic hydroxyl groups excluding tert-OH is 1. The van der Waals surface area contributed by atoms with E-state index in [1.54, 1.807) is 69.3 Å². The Kier molecular flexibility index (Phi) is 16.7. The van der Waals surface area contributed by atoms with Crippen molar-refractivity contribution in [2.75, 3.05) is 20.8 Å². The van der Waals surface area contributed by atoms with Crippen LogP contribution in [0, 0.1) is 5.41 Å². The Bertz CT molecular complexity index is 1860. The third-order valence-corrected chi connectivity index (χ3v) is 9.98. The van der Waals surface area contributed by atoms with Gasteiger partial charge in [-0.3, -0.25) is 9.59 Å². The van der Waals surface area contributed by atoms with Crippen molar-refractivity contribution in [3.05, 3.63) is 108 Å². The van der Waals surface area contributed by atoms with Crippen molar-refractivity contribution in [2.24, 2.45) is 5.41 Å². The molecule has 2 heterocycles. The molecule has 2 saturated heterocycles. The summed E-state index contributed by atoms with van der Waals surface area (Å²) in [5.74, 6) is -3.76. The molecule has 2 N–H and O–H groups in total. The Morgan fingerprint density at radius 1 is 0.733 bits per heavy atom. The highest BCUT2D eigenvalue weighted by molar-refractivity contribution is 6.76. The lowest BCUT2D eigenvalue weighted by Crippen LogP contribution is -2.70. The maximum atomic E-state index is 13.8. The highest BCUT2D eigenvalue weighted by Crippen LogP contribution is 2.36. The van der Waals surface area contributed by atoms with E-state index in [-0.39, 0.29) is 25.4 Å². The molecule has 0 aromatic heterocycles. The molecule has 3 aromatic carbocycles. The number of nitrogens with one attached hydrogen (secondary N) is 1. The van der Waals surface area contributed by atoms with Crippen molar-refractivity contribution in [1.82, 2.24) is 5.32 Å². The fourth-order valence-corrected chi connectivity index (χ4v) is 6.51. The average molecular weight is 897 g/mol. The van der Waals surface area contributed by atoms with Crippen molar-refractivity contribution in [3.8, 4) is 0 Å². The lowest BCUT2D eigenvalue weighted by Gasteiger charge is -2.49. The lowest BCUT2D eigenvalue weighted by atomic mass is 9.93. The predicted octanol–water partition coefficient (Wildman–Crippen LogP) is 4.84. The number of carbonyl (C=O) groups is 4. The second-order valence-corrected chi connectivity index (χ2v) is 17.2. The molecule has 1 amide bonds. The van der Waals surface area contributed by atoms with Crippen LogP contribution >= 0.6 is 34.8 Å². The van der Waals surface area contributed by atoms with E-state index in [1.807, 2.05) is 30.3 Å². The summed E-state index contributed by atoms with van der Waals surface area (Å²) in [6.07, 6.45) is -14.2. The molecule has 2 aliphatic rings. The topological polar surface area (TPSA) is 184 Å². The zero-order valence-corrected chi connectivity index (χ0v) is 35.7.